The van der Waals surface area contributed by atoms with Crippen molar-refractivity contribution in [3.05, 3.63) is 35.4 Å². The first kappa shape index (κ1) is 13.6. The van der Waals surface area contributed by atoms with Crippen molar-refractivity contribution >= 4 is 26.0 Å². The molecule has 2 rings (SSSR count). The first-order valence-corrected chi connectivity index (χ1v) is 9.45. The van der Waals surface area contributed by atoms with E-state index in [1.807, 2.05) is 18.3 Å². The zero-order chi connectivity index (χ0) is 12.8. The normalized spacial score (nSPS) is 14.7. The highest BCUT2D eigenvalue weighted by atomic mass is 32.2. The lowest BCUT2D eigenvalue weighted by molar-refractivity contribution is -0.441. The Labute approximate surface area is 114 Å². The van der Waals surface area contributed by atoms with E-state index in [0.717, 1.165) is 31.3 Å². The zero-order valence-corrected chi connectivity index (χ0v) is 12.5. The number of hydrogen-bond donors (Lipinski definition) is 3. The van der Waals surface area contributed by atoms with Gasteiger partial charge in [0.15, 0.2) is 0 Å². The van der Waals surface area contributed by atoms with E-state index < -0.39 is 9.04 Å². The van der Waals surface area contributed by atoms with Crippen molar-refractivity contribution in [2.75, 3.05) is 13.1 Å². The molecule has 0 aliphatic carbocycles. The molecule has 0 amide bonds. The lowest BCUT2D eigenvalue weighted by Crippen LogP contribution is -2.69. The second kappa shape index (κ2) is 6.97. The molecule has 1 aliphatic rings. The molecule has 1 aliphatic heterocycles. The number of benzene rings is 1. The molecule has 3 nitrogen and oxygen atoms in total. The molecule has 97 valence electrons. The summed E-state index contributed by atoms with van der Waals surface area (Å²) < 4.78 is 0. The Bertz CT molecular complexity index is 406. The van der Waals surface area contributed by atoms with Gasteiger partial charge in [-0.15, -0.1) is 0 Å². The van der Waals surface area contributed by atoms with Crippen molar-refractivity contribution in [1.29, 1.82) is 0 Å². The van der Waals surface area contributed by atoms with Crippen molar-refractivity contribution in [3.63, 3.8) is 0 Å². The summed E-state index contributed by atoms with van der Waals surface area (Å²) in [6.07, 6.45) is 0.995. The van der Waals surface area contributed by atoms with Gasteiger partial charge in [-0.05, 0) is 41.9 Å². The highest BCUT2D eigenvalue weighted by molar-refractivity contribution is 8.12. The van der Waals surface area contributed by atoms with E-state index in [-0.39, 0.29) is 0 Å². The van der Waals surface area contributed by atoms with Gasteiger partial charge in [-0.25, -0.2) is 0 Å². The maximum Gasteiger partial charge on any atom is 0.304 e. The molecular formula is C13H20N2OSSi+. The maximum absolute atomic E-state index is 9.36. The van der Waals surface area contributed by atoms with E-state index in [0.29, 0.717) is 0 Å². The van der Waals surface area contributed by atoms with Crippen LogP contribution in [0.5, 0.6) is 0 Å². The largest absolute Gasteiger partial charge is 0.432 e. The minimum absolute atomic E-state index is 0.935. The van der Waals surface area contributed by atoms with Gasteiger partial charge in [0.25, 0.3) is 0 Å². The molecule has 0 aromatic heterocycles. The van der Waals surface area contributed by atoms with Gasteiger partial charge >= 0.3 is 5.17 Å². The van der Waals surface area contributed by atoms with Crippen molar-refractivity contribution in [2.24, 2.45) is 0 Å². The van der Waals surface area contributed by atoms with Crippen LogP contribution in [0.25, 0.3) is 0 Å². The van der Waals surface area contributed by atoms with E-state index in [1.54, 1.807) is 0 Å². The summed E-state index contributed by atoms with van der Waals surface area (Å²) in [5.74, 6) is 0.998. The van der Waals surface area contributed by atoms with Gasteiger partial charge in [-0.1, -0.05) is 24.3 Å². The molecular weight excluding hydrogens is 260 g/mol. The van der Waals surface area contributed by atoms with Crippen LogP contribution in [0.2, 0.25) is 12.6 Å². The molecule has 0 bridgehead atoms. The van der Waals surface area contributed by atoms with E-state index in [2.05, 4.69) is 34.6 Å². The summed E-state index contributed by atoms with van der Waals surface area (Å²) in [5.41, 5.74) is 2.67. The van der Waals surface area contributed by atoms with Crippen LogP contribution >= 0.6 is 11.8 Å². The summed E-state index contributed by atoms with van der Waals surface area (Å²) >= 11 is 1.82. The summed E-state index contributed by atoms with van der Waals surface area (Å²) in [6, 6.07) is 9.68. The number of thioether (sulfide) groups is 1. The third kappa shape index (κ3) is 4.47. The van der Waals surface area contributed by atoms with E-state index >= 15 is 0 Å². The fraction of sp³-hybridized carbons (Fsp3) is 0.462. The molecule has 0 spiro atoms. The van der Waals surface area contributed by atoms with Crippen LogP contribution in [0.15, 0.2) is 24.3 Å². The summed E-state index contributed by atoms with van der Waals surface area (Å²) in [4.78, 5) is 12.7. The molecule has 3 N–H and O–H groups in total. The predicted octanol–water partition coefficient (Wildman–Crippen LogP) is 0.116. The second-order valence-corrected chi connectivity index (χ2v) is 7.48. The molecule has 0 unspecified atom stereocenters. The van der Waals surface area contributed by atoms with Crippen LogP contribution in [0.1, 0.15) is 11.1 Å². The third-order valence-corrected chi connectivity index (χ3v) is 4.91. The van der Waals surface area contributed by atoms with Gasteiger partial charge in [0.2, 0.25) is 9.04 Å². The minimum atomic E-state index is -1.09. The van der Waals surface area contributed by atoms with Crippen LogP contribution < -0.4 is 10.3 Å². The minimum Gasteiger partial charge on any atom is -0.432 e. The average molecular weight is 280 g/mol. The Morgan fingerprint density at radius 3 is 2.67 bits per heavy atom. The fourth-order valence-electron chi connectivity index (χ4n) is 1.80. The second-order valence-electron chi connectivity index (χ2n) is 4.52. The third-order valence-electron chi connectivity index (χ3n) is 2.88. The monoisotopic (exact) mass is 280 g/mol. The van der Waals surface area contributed by atoms with Crippen molar-refractivity contribution in [3.8, 4) is 0 Å². The Hall–Kier alpha value is -0.783. The maximum atomic E-state index is 9.36. The number of aryl methyl sites for hydroxylation is 1. The highest BCUT2D eigenvalue weighted by Gasteiger charge is 2.12. The molecule has 1 aromatic carbocycles. The zero-order valence-electron chi connectivity index (χ0n) is 10.7. The van der Waals surface area contributed by atoms with Crippen LogP contribution in [-0.2, 0) is 12.2 Å². The predicted molar refractivity (Wildman–Crippen MR) is 78.9 cm³/mol. The van der Waals surface area contributed by atoms with Gasteiger partial charge in [0.1, 0.15) is 13.1 Å². The molecule has 5 heteroatoms. The molecule has 0 saturated heterocycles. The Kier molecular flexibility index (Phi) is 5.28. The molecule has 18 heavy (non-hydrogen) atoms. The van der Waals surface area contributed by atoms with Gasteiger partial charge < -0.3 is 4.80 Å². The van der Waals surface area contributed by atoms with Crippen molar-refractivity contribution in [1.82, 2.24) is 5.32 Å². The van der Waals surface area contributed by atoms with E-state index in [1.165, 1.54) is 16.3 Å². The molecule has 1 radical (unpaired) electrons. The molecule has 1 heterocycles. The topological polar surface area (TPSA) is 46.2 Å². The number of rotatable bonds is 5. The summed E-state index contributed by atoms with van der Waals surface area (Å²) in [7, 11) is -1.09. The smallest absolute Gasteiger partial charge is 0.304 e. The number of nitrogens with one attached hydrogen (secondary N) is 2. The number of amidine groups is 1. The Morgan fingerprint density at radius 1 is 1.33 bits per heavy atom. The Balaban J connectivity index is 1.79. The average Bonchev–Trinajstić information content (AvgIpc) is 2.88. The highest BCUT2D eigenvalue weighted by Crippen LogP contribution is 2.14. The first-order valence-electron chi connectivity index (χ1n) is 6.31. The quantitative estimate of drug-likeness (QED) is 0.671. The van der Waals surface area contributed by atoms with Crippen LogP contribution in [0, 0.1) is 0 Å². The van der Waals surface area contributed by atoms with Crippen LogP contribution in [0.3, 0.4) is 0 Å². The summed E-state index contributed by atoms with van der Waals surface area (Å²) in [6.45, 7) is 4.00. The van der Waals surface area contributed by atoms with Gasteiger partial charge in [0, 0.05) is 5.75 Å². The fourth-order valence-corrected chi connectivity index (χ4v) is 3.36. The summed E-state index contributed by atoms with van der Waals surface area (Å²) in [5, 5.41) is 4.51. The van der Waals surface area contributed by atoms with Gasteiger partial charge in [-0.2, -0.15) is 0 Å². The van der Waals surface area contributed by atoms with E-state index in [9.17, 15) is 4.80 Å². The molecule has 0 saturated carbocycles. The van der Waals surface area contributed by atoms with Crippen LogP contribution in [-0.4, -0.2) is 32.1 Å². The van der Waals surface area contributed by atoms with Crippen molar-refractivity contribution in [2.45, 2.75) is 24.8 Å². The first-order chi connectivity index (χ1) is 8.74. The lowest BCUT2D eigenvalue weighted by Gasteiger charge is -2.04. The van der Waals surface area contributed by atoms with Gasteiger partial charge in [-0.3, -0.25) is 10.3 Å². The molecule has 0 fully saturated rings. The standard InChI is InChI=1S/C13H19N2OSSi/c1-18(16)9-6-11-2-4-12(5-3-11)10-17-13-14-7-8-15-13/h2-5,16H,6-10H2,1H3,(H,14,15)/p+1. The van der Waals surface area contributed by atoms with Crippen molar-refractivity contribution < 1.29 is 9.79 Å². The van der Waals surface area contributed by atoms with E-state index in [4.69, 9.17) is 0 Å². The lowest BCUT2D eigenvalue weighted by atomic mass is 10.1. The van der Waals surface area contributed by atoms with Gasteiger partial charge in [0.05, 0.1) is 0 Å². The Morgan fingerprint density at radius 2 is 2.06 bits per heavy atom. The molecule has 0 atom stereocenters. The van der Waals surface area contributed by atoms with Crippen LogP contribution in [0.4, 0.5) is 0 Å². The molecule has 1 aromatic rings. The number of hydrogen-bond acceptors (Lipinski definition) is 3. The SMILES string of the molecule is C[Si](O)CCc1ccc(CSC2=[NH+]CCN2)cc1.